The lowest BCUT2D eigenvalue weighted by Crippen LogP contribution is -2.33. The van der Waals surface area contributed by atoms with Gasteiger partial charge in [-0.15, -0.1) is 0 Å². The highest BCUT2D eigenvalue weighted by Crippen LogP contribution is 2.24. The molecule has 1 aromatic heterocycles. The predicted molar refractivity (Wildman–Crippen MR) is 105 cm³/mol. The summed E-state index contributed by atoms with van der Waals surface area (Å²) in [7, 11) is 0. The summed E-state index contributed by atoms with van der Waals surface area (Å²) in [4.78, 5) is 15.0. The lowest BCUT2D eigenvalue weighted by atomic mass is 10.0. The van der Waals surface area contributed by atoms with Gasteiger partial charge in [-0.1, -0.05) is 12.1 Å². The first kappa shape index (κ1) is 19.3. The van der Waals surface area contributed by atoms with Crippen LogP contribution in [0.1, 0.15) is 47.1 Å². The molecule has 0 radical (unpaired) electrons. The van der Waals surface area contributed by atoms with Crippen LogP contribution in [-0.2, 0) is 0 Å². The zero-order valence-corrected chi connectivity index (χ0v) is 16.1. The Balaban J connectivity index is 1.89. The molecule has 0 saturated carbocycles. The van der Waals surface area contributed by atoms with Gasteiger partial charge >= 0.3 is 0 Å². The second-order valence-corrected chi connectivity index (χ2v) is 6.53. The molecule has 0 aliphatic heterocycles. The van der Waals surface area contributed by atoms with Gasteiger partial charge in [0.1, 0.15) is 5.82 Å². The van der Waals surface area contributed by atoms with E-state index in [0.717, 1.165) is 5.56 Å². The van der Waals surface area contributed by atoms with Gasteiger partial charge in [0.2, 0.25) is 0 Å². The van der Waals surface area contributed by atoms with Crippen LogP contribution in [0, 0.1) is 24.1 Å². The Labute approximate surface area is 163 Å². The van der Waals surface area contributed by atoms with Crippen molar-refractivity contribution in [3.63, 3.8) is 0 Å². The van der Waals surface area contributed by atoms with E-state index < -0.39 is 0 Å². The van der Waals surface area contributed by atoms with Crippen molar-refractivity contribution in [2.45, 2.75) is 26.8 Å². The molecule has 0 spiro atoms. The maximum atomic E-state index is 13.2. The number of nitrogens with zero attached hydrogens (tertiary/aromatic N) is 4. The molecule has 2 aromatic carbocycles. The minimum absolute atomic E-state index is 0.120. The summed E-state index contributed by atoms with van der Waals surface area (Å²) >= 11 is 0. The predicted octanol–water partition coefficient (Wildman–Crippen LogP) is 4.41. The Morgan fingerprint density at radius 2 is 1.86 bits per heavy atom. The third-order valence-corrected chi connectivity index (χ3v) is 4.90. The van der Waals surface area contributed by atoms with Crippen LogP contribution in [0.25, 0.3) is 5.69 Å². The summed E-state index contributed by atoms with van der Waals surface area (Å²) in [5, 5.41) is 13.3. The van der Waals surface area contributed by atoms with Gasteiger partial charge in [0.05, 0.1) is 40.8 Å². The van der Waals surface area contributed by atoms with Crippen molar-refractivity contribution < 1.29 is 9.18 Å². The highest BCUT2D eigenvalue weighted by molar-refractivity contribution is 5.95. The third-order valence-electron chi connectivity index (χ3n) is 4.90. The normalized spacial score (nSPS) is 11.7. The van der Waals surface area contributed by atoms with Crippen LogP contribution in [0.5, 0.6) is 0 Å². The van der Waals surface area contributed by atoms with E-state index in [9.17, 15) is 9.18 Å². The summed E-state index contributed by atoms with van der Waals surface area (Å²) < 4.78 is 14.8. The van der Waals surface area contributed by atoms with E-state index in [1.165, 1.54) is 12.1 Å². The van der Waals surface area contributed by atoms with Crippen molar-refractivity contribution in [2.24, 2.45) is 0 Å². The first-order chi connectivity index (χ1) is 13.5. The molecule has 3 aromatic rings. The zero-order chi connectivity index (χ0) is 20.3. The van der Waals surface area contributed by atoms with Gasteiger partial charge in [-0.2, -0.15) is 10.4 Å². The summed E-state index contributed by atoms with van der Waals surface area (Å²) in [6.45, 7) is 6.24. The van der Waals surface area contributed by atoms with E-state index in [-0.39, 0.29) is 17.8 Å². The molecular weight excluding hydrogens is 355 g/mol. The van der Waals surface area contributed by atoms with E-state index in [4.69, 9.17) is 5.26 Å². The van der Waals surface area contributed by atoms with Crippen LogP contribution in [0.4, 0.5) is 4.39 Å². The highest BCUT2D eigenvalue weighted by Gasteiger charge is 2.25. The average Bonchev–Trinajstić information content (AvgIpc) is 3.10. The molecule has 3 rings (SSSR count). The van der Waals surface area contributed by atoms with Gasteiger partial charge in [-0.05, 0) is 62.7 Å². The minimum Gasteiger partial charge on any atom is -0.332 e. The Morgan fingerprint density at radius 3 is 2.43 bits per heavy atom. The van der Waals surface area contributed by atoms with Crippen LogP contribution in [0.15, 0.2) is 54.7 Å². The fourth-order valence-corrected chi connectivity index (χ4v) is 3.23. The standard InChI is InChI=1S/C22H21FN4O/c1-4-26(15(2)18-7-5-17(13-24)6-8-18)22(28)21-14-25-27(16(21)3)20-11-9-19(23)10-12-20/h5-12,14-15H,4H2,1-3H3. The number of amides is 1. The van der Waals surface area contributed by atoms with Crippen LogP contribution in [0.3, 0.4) is 0 Å². The molecule has 1 unspecified atom stereocenters. The lowest BCUT2D eigenvalue weighted by Gasteiger charge is -2.28. The first-order valence-electron chi connectivity index (χ1n) is 9.07. The van der Waals surface area contributed by atoms with Gasteiger partial charge in [-0.3, -0.25) is 4.79 Å². The summed E-state index contributed by atoms with van der Waals surface area (Å²) in [6.07, 6.45) is 1.55. The lowest BCUT2D eigenvalue weighted by molar-refractivity contribution is 0.0701. The van der Waals surface area contributed by atoms with Crippen molar-refractivity contribution in [1.29, 1.82) is 5.26 Å². The Bertz CT molecular complexity index is 1020. The minimum atomic E-state index is -0.321. The molecule has 0 fully saturated rings. The number of rotatable bonds is 5. The second kappa shape index (κ2) is 8.05. The van der Waals surface area contributed by atoms with Crippen molar-refractivity contribution in [3.8, 4) is 11.8 Å². The third kappa shape index (κ3) is 3.65. The van der Waals surface area contributed by atoms with Crippen molar-refractivity contribution in [2.75, 3.05) is 6.54 Å². The smallest absolute Gasteiger partial charge is 0.257 e. The molecule has 1 amide bonds. The maximum Gasteiger partial charge on any atom is 0.257 e. The molecule has 28 heavy (non-hydrogen) atoms. The summed E-state index contributed by atoms with van der Waals surface area (Å²) in [5.41, 5.74) is 3.44. The maximum absolute atomic E-state index is 13.2. The van der Waals surface area contributed by atoms with Gasteiger partial charge in [0, 0.05) is 6.54 Å². The fourth-order valence-electron chi connectivity index (χ4n) is 3.23. The molecule has 142 valence electrons. The van der Waals surface area contributed by atoms with E-state index >= 15 is 0 Å². The van der Waals surface area contributed by atoms with Crippen LogP contribution in [0.2, 0.25) is 0 Å². The number of hydrogen-bond donors (Lipinski definition) is 0. The van der Waals surface area contributed by atoms with Gasteiger partial charge in [0.25, 0.3) is 5.91 Å². The molecule has 6 heteroatoms. The number of nitriles is 1. The molecule has 0 aliphatic carbocycles. The second-order valence-electron chi connectivity index (χ2n) is 6.53. The van der Waals surface area contributed by atoms with Gasteiger partial charge < -0.3 is 4.90 Å². The molecule has 0 N–H and O–H groups in total. The van der Waals surface area contributed by atoms with Crippen molar-refractivity contribution in [1.82, 2.24) is 14.7 Å². The van der Waals surface area contributed by atoms with E-state index in [2.05, 4.69) is 11.2 Å². The molecule has 0 aliphatic rings. The largest absolute Gasteiger partial charge is 0.332 e. The van der Waals surface area contributed by atoms with Crippen molar-refractivity contribution >= 4 is 5.91 Å². The fraction of sp³-hybridized carbons (Fsp3) is 0.227. The van der Waals surface area contributed by atoms with Crippen molar-refractivity contribution in [3.05, 3.63) is 82.9 Å². The van der Waals surface area contributed by atoms with Crippen LogP contribution in [-0.4, -0.2) is 27.1 Å². The van der Waals surface area contributed by atoms with Crippen LogP contribution < -0.4 is 0 Å². The quantitative estimate of drug-likeness (QED) is 0.662. The molecule has 1 heterocycles. The number of carbonyl (C=O) groups excluding carboxylic acids is 1. The number of carbonyl (C=O) groups is 1. The Morgan fingerprint density at radius 1 is 1.21 bits per heavy atom. The average molecular weight is 376 g/mol. The molecular formula is C22H21FN4O. The molecule has 5 nitrogen and oxygen atoms in total. The highest BCUT2D eigenvalue weighted by atomic mass is 19.1. The number of aromatic nitrogens is 2. The Kier molecular flexibility index (Phi) is 5.55. The molecule has 1 atom stereocenters. The summed E-state index contributed by atoms with van der Waals surface area (Å²) in [5.74, 6) is -0.441. The first-order valence-corrected chi connectivity index (χ1v) is 9.07. The molecule has 0 saturated heterocycles. The van der Waals surface area contributed by atoms with Crippen LogP contribution >= 0.6 is 0 Å². The number of halogens is 1. The van der Waals surface area contributed by atoms with Gasteiger partial charge in [0.15, 0.2) is 0 Å². The molecule has 0 bridgehead atoms. The Hall–Kier alpha value is -3.46. The monoisotopic (exact) mass is 376 g/mol. The SMILES string of the molecule is CCN(C(=O)c1cnn(-c2ccc(F)cc2)c1C)C(C)c1ccc(C#N)cc1. The van der Waals surface area contributed by atoms with E-state index in [1.54, 1.807) is 40.0 Å². The topological polar surface area (TPSA) is 61.9 Å². The number of benzene rings is 2. The van der Waals surface area contributed by atoms with E-state index in [0.29, 0.717) is 29.1 Å². The summed E-state index contributed by atoms with van der Waals surface area (Å²) in [6, 6.07) is 15.2. The van der Waals surface area contributed by atoms with E-state index in [1.807, 2.05) is 32.9 Å². The number of hydrogen-bond acceptors (Lipinski definition) is 3. The zero-order valence-electron chi connectivity index (χ0n) is 16.1. The van der Waals surface area contributed by atoms with Gasteiger partial charge in [-0.25, -0.2) is 9.07 Å².